The van der Waals surface area contributed by atoms with Gasteiger partial charge in [-0.25, -0.2) is 4.79 Å². The molecular formula is C16H22N2O3. The van der Waals surface area contributed by atoms with Crippen LogP contribution in [0.4, 0.5) is 4.79 Å². The molecule has 2 rings (SSSR count). The van der Waals surface area contributed by atoms with Crippen molar-refractivity contribution in [1.82, 2.24) is 5.32 Å². The maximum Gasteiger partial charge on any atom is 0.412 e. The number of carbonyl (C=O) groups is 2. The van der Waals surface area contributed by atoms with E-state index in [1.807, 2.05) is 0 Å². The molecule has 0 unspecified atom stereocenters. The Balaban J connectivity index is 1.75. The van der Waals surface area contributed by atoms with Crippen molar-refractivity contribution in [3.63, 3.8) is 0 Å². The van der Waals surface area contributed by atoms with Gasteiger partial charge >= 0.3 is 6.09 Å². The molecule has 5 heteroatoms. The first-order valence-electron chi connectivity index (χ1n) is 7.46. The van der Waals surface area contributed by atoms with E-state index >= 15 is 0 Å². The topological polar surface area (TPSA) is 81.4 Å². The number of rotatable bonds is 5. The van der Waals surface area contributed by atoms with E-state index in [9.17, 15) is 9.59 Å². The molecule has 0 bridgehead atoms. The predicted octanol–water partition coefficient (Wildman–Crippen LogP) is 2.38. The zero-order valence-electron chi connectivity index (χ0n) is 12.1. The van der Waals surface area contributed by atoms with Crippen molar-refractivity contribution >= 4 is 12.0 Å². The van der Waals surface area contributed by atoms with E-state index in [0.29, 0.717) is 18.2 Å². The third-order valence-corrected chi connectivity index (χ3v) is 3.77. The van der Waals surface area contributed by atoms with E-state index in [0.717, 1.165) is 5.56 Å². The fraction of sp³-hybridized carbons (Fsp3) is 0.500. The molecule has 1 aromatic carbocycles. The van der Waals surface area contributed by atoms with E-state index in [4.69, 9.17) is 10.5 Å². The number of carbonyl (C=O) groups excluding carboxylic acids is 2. The molecule has 0 spiro atoms. The van der Waals surface area contributed by atoms with Crippen LogP contribution in [-0.2, 0) is 11.2 Å². The highest BCUT2D eigenvalue weighted by molar-refractivity contribution is 5.76. The Morgan fingerprint density at radius 2 is 1.81 bits per heavy atom. The smallest absolute Gasteiger partial charge is 0.410 e. The van der Waals surface area contributed by atoms with Crippen LogP contribution in [0, 0.1) is 5.92 Å². The molecule has 1 aliphatic carbocycles. The average molecular weight is 290 g/mol. The first-order valence-corrected chi connectivity index (χ1v) is 7.46. The molecule has 5 nitrogen and oxygen atoms in total. The van der Waals surface area contributed by atoms with Gasteiger partial charge < -0.3 is 15.8 Å². The Labute approximate surface area is 124 Å². The molecule has 1 saturated carbocycles. The first-order chi connectivity index (χ1) is 10.1. The summed E-state index contributed by atoms with van der Waals surface area (Å²) in [5, 5.41) is 2.81. The molecule has 3 N–H and O–H groups in total. The van der Waals surface area contributed by atoms with Crippen molar-refractivity contribution in [2.75, 3.05) is 6.54 Å². The van der Waals surface area contributed by atoms with Crippen molar-refractivity contribution in [3.05, 3.63) is 29.8 Å². The monoisotopic (exact) mass is 290 g/mol. The molecule has 0 radical (unpaired) electrons. The normalized spacial score (nSPS) is 15.4. The van der Waals surface area contributed by atoms with Gasteiger partial charge in [0, 0.05) is 6.54 Å². The van der Waals surface area contributed by atoms with Gasteiger partial charge in [-0.05, 0) is 36.5 Å². The highest BCUT2D eigenvalue weighted by Gasteiger charge is 2.14. The number of ether oxygens (including phenoxy) is 1. The van der Waals surface area contributed by atoms with Gasteiger partial charge in [-0.3, -0.25) is 4.79 Å². The van der Waals surface area contributed by atoms with Crippen LogP contribution in [0.25, 0.3) is 0 Å². The van der Waals surface area contributed by atoms with E-state index in [2.05, 4.69) is 5.32 Å². The lowest BCUT2D eigenvalue weighted by atomic mass is 9.89. The quantitative estimate of drug-likeness (QED) is 0.873. The van der Waals surface area contributed by atoms with Crippen LogP contribution in [-0.4, -0.2) is 18.5 Å². The second-order valence-corrected chi connectivity index (χ2v) is 5.56. The van der Waals surface area contributed by atoms with Crippen molar-refractivity contribution in [1.29, 1.82) is 0 Å². The maximum absolute atomic E-state index is 11.7. The first kappa shape index (κ1) is 15.4. The van der Waals surface area contributed by atoms with Crippen molar-refractivity contribution in [2.24, 2.45) is 11.7 Å². The van der Waals surface area contributed by atoms with Crippen molar-refractivity contribution in [3.8, 4) is 5.75 Å². The predicted molar refractivity (Wildman–Crippen MR) is 79.9 cm³/mol. The van der Waals surface area contributed by atoms with Crippen LogP contribution in [0.3, 0.4) is 0 Å². The van der Waals surface area contributed by atoms with E-state index in [-0.39, 0.29) is 12.3 Å². The maximum atomic E-state index is 11.7. The van der Waals surface area contributed by atoms with Crippen LogP contribution < -0.4 is 15.8 Å². The van der Waals surface area contributed by atoms with Crippen molar-refractivity contribution < 1.29 is 14.3 Å². The number of amides is 2. The van der Waals surface area contributed by atoms with E-state index < -0.39 is 6.09 Å². The molecular weight excluding hydrogens is 268 g/mol. The summed E-state index contributed by atoms with van der Waals surface area (Å²) in [5.41, 5.74) is 5.92. The second kappa shape index (κ2) is 7.67. The van der Waals surface area contributed by atoms with Gasteiger partial charge in [0.1, 0.15) is 5.75 Å². The molecule has 114 valence electrons. The van der Waals surface area contributed by atoms with Gasteiger partial charge in [0.15, 0.2) is 0 Å². The van der Waals surface area contributed by atoms with Crippen LogP contribution in [0.1, 0.15) is 37.7 Å². The molecule has 1 aliphatic rings. The molecule has 1 fully saturated rings. The van der Waals surface area contributed by atoms with Gasteiger partial charge in [-0.15, -0.1) is 0 Å². The molecule has 0 aliphatic heterocycles. The summed E-state index contributed by atoms with van der Waals surface area (Å²) in [6.07, 6.45) is 5.94. The number of hydrogen-bond donors (Lipinski definition) is 2. The zero-order valence-corrected chi connectivity index (χ0v) is 12.1. The lowest BCUT2D eigenvalue weighted by molar-refractivity contribution is -0.117. The fourth-order valence-corrected chi connectivity index (χ4v) is 2.64. The van der Waals surface area contributed by atoms with Crippen LogP contribution >= 0.6 is 0 Å². The number of nitrogens with two attached hydrogens (primary N) is 1. The largest absolute Gasteiger partial charge is 0.412 e. The van der Waals surface area contributed by atoms with Crippen LogP contribution in [0.15, 0.2) is 24.3 Å². The summed E-state index contributed by atoms with van der Waals surface area (Å²) in [6, 6.07) is 6.79. The van der Waals surface area contributed by atoms with Gasteiger partial charge in [0.25, 0.3) is 0 Å². The summed E-state index contributed by atoms with van der Waals surface area (Å²) in [4.78, 5) is 22.5. The van der Waals surface area contributed by atoms with Gasteiger partial charge in [-0.2, -0.15) is 0 Å². The molecule has 0 saturated heterocycles. The Kier molecular flexibility index (Phi) is 5.60. The Hall–Kier alpha value is -2.04. The lowest BCUT2D eigenvalue weighted by Crippen LogP contribution is -2.32. The average Bonchev–Trinajstić information content (AvgIpc) is 2.48. The van der Waals surface area contributed by atoms with Crippen LogP contribution in [0.2, 0.25) is 0 Å². The molecule has 0 atom stereocenters. The minimum Gasteiger partial charge on any atom is -0.410 e. The molecule has 0 aromatic heterocycles. The van der Waals surface area contributed by atoms with Gasteiger partial charge in [-0.1, -0.05) is 31.4 Å². The number of nitrogens with one attached hydrogen (secondary N) is 1. The van der Waals surface area contributed by atoms with Gasteiger partial charge in [0.05, 0.1) is 6.42 Å². The highest BCUT2D eigenvalue weighted by atomic mass is 16.6. The summed E-state index contributed by atoms with van der Waals surface area (Å²) >= 11 is 0. The zero-order chi connectivity index (χ0) is 15.1. The third kappa shape index (κ3) is 5.45. The minimum absolute atomic E-state index is 0.189. The van der Waals surface area contributed by atoms with Crippen LogP contribution in [0.5, 0.6) is 5.75 Å². The number of hydrogen-bond acceptors (Lipinski definition) is 3. The summed E-state index contributed by atoms with van der Waals surface area (Å²) in [7, 11) is 0. The molecule has 1 aromatic rings. The molecule has 21 heavy (non-hydrogen) atoms. The SMILES string of the molecule is NC(=O)Cc1ccc(OC(=O)NCC2CCCCC2)cc1. The molecule has 0 heterocycles. The second-order valence-electron chi connectivity index (χ2n) is 5.56. The van der Waals surface area contributed by atoms with Gasteiger partial charge in [0.2, 0.25) is 5.91 Å². The Bertz CT molecular complexity index is 479. The third-order valence-electron chi connectivity index (χ3n) is 3.77. The summed E-state index contributed by atoms with van der Waals surface area (Å²) in [5.74, 6) is 0.655. The minimum atomic E-state index is -0.428. The molecule has 2 amide bonds. The Morgan fingerprint density at radius 1 is 1.14 bits per heavy atom. The fourth-order valence-electron chi connectivity index (χ4n) is 2.64. The summed E-state index contributed by atoms with van der Waals surface area (Å²) in [6.45, 7) is 0.679. The van der Waals surface area contributed by atoms with Crippen molar-refractivity contribution in [2.45, 2.75) is 38.5 Å². The number of benzene rings is 1. The summed E-state index contributed by atoms with van der Waals surface area (Å²) < 4.78 is 5.20. The number of primary amides is 1. The van der Waals surface area contributed by atoms with E-state index in [1.165, 1.54) is 32.1 Å². The van der Waals surface area contributed by atoms with E-state index in [1.54, 1.807) is 24.3 Å². The highest BCUT2D eigenvalue weighted by Crippen LogP contribution is 2.22. The standard InChI is InChI=1S/C16H22N2O3/c17-15(19)10-12-6-8-14(9-7-12)21-16(20)18-11-13-4-2-1-3-5-13/h6-9,13H,1-5,10-11H2,(H2,17,19)(H,18,20). The Morgan fingerprint density at radius 3 is 2.43 bits per heavy atom. The lowest BCUT2D eigenvalue weighted by Gasteiger charge is -2.21.